The van der Waals surface area contributed by atoms with Crippen molar-refractivity contribution in [2.75, 3.05) is 19.0 Å². The van der Waals surface area contributed by atoms with Gasteiger partial charge in [0.25, 0.3) is 0 Å². The van der Waals surface area contributed by atoms with Crippen molar-refractivity contribution in [1.29, 1.82) is 0 Å². The van der Waals surface area contributed by atoms with Crippen LogP contribution in [-0.4, -0.2) is 30.0 Å². The van der Waals surface area contributed by atoms with Crippen LogP contribution in [0.25, 0.3) is 27.8 Å². The van der Waals surface area contributed by atoms with E-state index in [1.165, 1.54) is 0 Å². The lowest BCUT2D eigenvalue weighted by Crippen LogP contribution is -2.10. The van der Waals surface area contributed by atoms with Crippen LogP contribution >= 0.6 is 35.0 Å². The number of halogens is 2. The van der Waals surface area contributed by atoms with Gasteiger partial charge in [0.05, 0.1) is 12.4 Å². The third-order valence-electron chi connectivity index (χ3n) is 7.13. The van der Waals surface area contributed by atoms with E-state index in [0.717, 1.165) is 55.2 Å². The smallest absolute Gasteiger partial charge is 0.341 e. The molecule has 1 N–H and O–H groups in total. The van der Waals surface area contributed by atoms with Crippen molar-refractivity contribution >= 4 is 46.5 Å². The maximum atomic E-state index is 10.9. The van der Waals surface area contributed by atoms with E-state index in [0.29, 0.717) is 28.2 Å². The second-order valence-electron chi connectivity index (χ2n) is 10.3. The molecule has 0 heterocycles. The molecule has 0 saturated heterocycles. The van der Waals surface area contributed by atoms with Crippen molar-refractivity contribution in [2.24, 2.45) is 0 Å². The number of carbonyl (C=O) groups is 1. The molecule has 0 aliphatic carbocycles. The van der Waals surface area contributed by atoms with E-state index in [4.69, 9.17) is 37.8 Å². The highest BCUT2D eigenvalue weighted by atomic mass is 35.5. The van der Waals surface area contributed by atoms with Crippen molar-refractivity contribution < 1.29 is 19.4 Å². The number of thioether (sulfide) groups is 1. The van der Waals surface area contributed by atoms with Gasteiger partial charge >= 0.3 is 5.97 Å². The van der Waals surface area contributed by atoms with Gasteiger partial charge in [0, 0.05) is 20.5 Å². The van der Waals surface area contributed by atoms with Gasteiger partial charge in [-0.2, -0.15) is 0 Å². The zero-order chi connectivity index (χ0) is 31.8. The molecule has 5 aromatic carbocycles. The first-order chi connectivity index (χ1) is 21.8. The van der Waals surface area contributed by atoms with Gasteiger partial charge in [0.1, 0.15) is 11.5 Å². The number of ether oxygens (including phenoxy) is 2. The monoisotopic (exact) mass is 654 g/mol. The Morgan fingerprint density at radius 2 is 1.29 bits per heavy atom. The molecule has 0 bridgehead atoms. The standard InChI is InChI=1S/C38H32Cl2O4S/c1-3-43-36(24-45-34-18-19-35(25(2)20-34)44-23-37(41)42)38(28-14-10-26(11-15-28)30-6-4-8-32(39)21-30)29-16-12-27(13-17-29)31-7-5-9-33(40)22-31/h4-22H,3,23-24H2,1-2H3,(H,41,42). The molecule has 0 aliphatic rings. The van der Waals surface area contributed by atoms with Gasteiger partial charge in [-0.25, -0.2) is 4.79 Å². The van der Waals surface area contributed by atoms with Crippen molar-refractivity contribution in [1.82, 2.24) is 0 Å². The molecule has 45 heavy (non-hydrogen) atoms. The lowest BCUT2D eigenvalue weighted by atomic mass is 9.93. The summed E-state index contributed by atoms with van der Waals surface area (Å²) in [6.45, 7) is 4.04. The van der Waals surface area contributed by atoms with Crippen LogP contribution in [0, 0.1) is 6.92 Å². The van der Waals surface area contributed by atoms with Gasteiger partial charge in [0.2, 0.25) is 0 Å². The van der Waals surface area contributed by atoms with Gasteiger partial charge in [-0.15, -0.1) is 11.8 Å². The number of benzene rings is 5. The van der Waals surface area contributed by atoms with E-state index in [9.17, 15) is 4.79 Å². The molecule has 4 nitrogen and oxygen atoms in total. The van der Waals surface area contributed by atoms with Crippen LogP contribution in [0.1, 0.15) is 23.6 Å². The number of carboxylic acid groups (broad SMARTS) is 1. The first kappa shape index (κ1) is 32.2. The molecule has 0 aromatic heterocycles. The van der Waals surface area contributed by atoms with Crippen molar-refractivity contribution in [3.05, 3.63) is 148 Å². The predicted molar refractivity (Wildman–Crippen MR) is 186 cm³/mol. The number of aryl methyl sites for hydroxylation is 1. The molecule has 0 saturated carbocycles. The molecule has 0 unspecified atom stereocenters. The Hall–Kier alpha value is -4.16. The first-order valence-corrected chi connectivity index (χ1v) is 16.2. The van der Waals surface area contributed by atoms with Crippen molar-refractivity contribution in [3.63, 3.8) is 0 Å². The second kappa shape index (κ2) is 15.2. The largest absolute Gasteiger partial charge is 0.497 e. The average molecular weight is 656 g/mol. The normalized spacial score (nSPS) is 10.8. The van der Waals surface area contributed by atoms with Gasteiger partial charge in [-0.3, -0.25) is 0 Å². The van der Waals surface area contributed by atoms with E-state index < -0.39 is 5.97 Å². The lowest BCUT2D eigenvalue weighted by Gasteiger charge is -2.18. The van der Waals surface area contributed by atoms with Gasteiger partial charge in [-0.1, -0.05) is 96.0 Å². The third-order valence-corrected chi connectivity index (χ3v) is 8.59. The first-order valence-electron chi connectivity index (χ1n) is 14.5. The maximum absolute atomic E-state index is 10.9. The minimum Gasteiger partial charge on any atom is -0.497 e. The molecule has 0 aliphatic heterocycles. The summed E-state index contributed by atoms with van der Waals surface area (Å²) >= 11 is 14.2. The minimum atomic E-state index is -1.01. The van der Waals surface area contributed by atoms with E-state index in [2.05, 4.69) is 60.7 Å². The summed E-state index contributed by atoms with van der Waals surface area (Å²) in [7, 11) is 0. The molecular weight excluding hydrogens is 623 g/mol. The summed E-state index contributed by atoms with van der Waals surface area (Å²) in [5, 5.41) is 10.4. The van der Waals surface area contributed by atoms with Crippen LogP contribution in [-0.2, 0) is 9.53 Å². The number of carboxylic acids is 1. The molecule has 5 aromatic rings. The summed E-state index contributed by atoms with van der Waals surface area (Å²) < 4.78 is 11.8. The molecule has 0 atom stereocenters. The lowest BCUT2D eigenvalue weighted by molar-refractivity contribution is -0.139. The predicted octanol–water partition coefficient (Wildman–Crippen LogP) is 10.7. The number of rotatable bonds is 12. The molecule has 0 spiro atoms. The summed E-state index contributed by atoms with van der Waals surface area (Å²) in [5.74, 6) is 0.998. The SMILES string of the molecule is CCOC(CSc1ccc(OCC(=O)O)c(C)c1)=C(c1ccc(-c2cccc(Cl)c2)cc1)c1ccc(-c2cccc(Cl)c2)cc1. The highest BCUT2D eigenvalue weighted by Crippen LogP contribution is 2.35. The Kier molecular flexibility index (Phi) is 10.9. The van der Waals surface area contributed by atoms with Gasteiger partial charge in [0.15, 0.2) is 6.61 Å². The fourth-order valence-electron chi connectivity index (χ4n) is 5.01. The average Bonchev–Trinajstić information content (AvgIpc) is 3.04. The molecule has 0 fully saturated rings. The van der Waals surface area contributed by atoms with Crippen LogP contribution in [0.5, 0.6) is 5.75 Å². The highest BCUT2D eigenvalue weighted by Gasteiger charge is 2.16. The van der Waals surface area contributed by atoms with E-state index >= 15 is 0 Å². The summed E-state index contributed by atoms with van der Waals surface area (Å²) in [5.41, 5.74) is 8.21. The maximum Gasteiger partial charge on any atom is 0.341 e. The zero-order valence-corrected chi connectivity index (χ0v) is 27.3. The van der Waals surface area contributed by atoms with Gasteiger partial charge in [-0.05, 0) is 95.3 Å². The van der Waals surface area contributed by atoms with Crippen LogP contribution in [0.15, 0.2) is 126 Å². The quantitative estimate of drug-likeness (QED) is 0.107. The van der Waals surface area contributed by atoms with E-state index in [1.807, 2.05) is 68.4 Å². The summed E-state index contributed by atoms with van der Waals surface area (Å²) in [6, 6.07) is 38.4. The van der Waals surface area contributed by atoms with Crippen LogP contribution < -0.4 is 4.74 Å². The Morgan fingerprint density at radius 1 is 0.733 bits per heavy atom. The van der Waals surface area contributed by atoms with E-state index in [1.54, 1.807) is 11.8 Å². The fourth-order valence-corrected chi connectivity index (χ4v) is 6.34. The number of hydrogen-bond donors (Lipinski definition) is 1. The summed E-state index contributed by atoms with van der Waals surface area (Å²) in [4.78, 5) is 12.0. The molecule has 5 rings (SSSR count). The second-order valence-corrected chi connectivity index (χ2v) is 12.2. The van der Waals surface area contributed by atoms with Crippen LogP contribution in [0.4, 0.5) is 0 Å². The topological polar surface area (TPSA) is 55.8 Å². The molecule has 0 amide bonds. The Labute approximate surface area is 278 Å². The Bertz CT molecular complexity index is 1720. The van der Waals surface area contributed by atoms with Crippen LogP contribution in [0.2, 0.25) is 10.0 Å². The highest BCUT2D eigenvalue weighted by molar-refractivity contribution is 7.99. The van der Waals surface area contributed by atoms with Gasteiger partial charge < -0.3 is 14.6 Å². The van der Waals surface area contributed by atoms with Crippen molar-refractivity contribution in [2.45, 2.75) is 18.7 Å². The molecule has 228 valence electrons. The zero-order valence-electron chi connectivity index (χ0n) is 24.9. The van der Waals surface area contributed by atoms with Crippen molar-refractivity contribution in [3.8, 4) is 28.0 Å². The summed E-state index contributed by atoms with van der Waals surface area (Å²) in [6.07, 6.45) is 0. The number of hydrogen-bond acceptors (Lipinski definition) is 4. The fraction of sp³-hybridized carbons (Fsp3) is 0.132. The third kappa shape index (κ3) is 8.52. The molecule has 7 heteroatoms. The van der Waals surface area contributed by atoms with E-state index in [-0.39, 0.29) is 6.61 Å². The number of aliphatic carboxylic acids is 1. The Morgan fingerprint density at radius 3 is 1.76 bits per heavy atom. The Balaban J connectivity index is 1.51. The minimum absolute atomic E-state index is 0.375. The van der Waals surface area contributed by atoms with Crippen LogP contribution in [0.3, 0.4) is 0 Å². The molecule has 0 radical (unpaired) electrons. The molecular formula is C38H32Cl2O4S.